The first-order chi connectivity index (χ1) is 11.1. The molecular formula is C19H17NO3. The molecule has 1 aromatic heterocycles. The number of nitrogens with zero attached hydrogens (tertiary/aromatic N) is 1. The Balaban J connectivity index is 2.19. The Morgan fingerprint density at radius 1 is 1.09 bits per heavy atom. The number of carbonyl (C=O) groups is 1. The Bertz CT molecular complexity index is 856. The summed E-state index contributed by atoms with van der Waals surface area (Å²) in [5.41, 5.74) is 2.60. The summed E-state index contributed by atoms with van der Waals surface area (Å²) in [6.07, 6.45) is 1.72. The van der Waals surface area contributed by atoms with Gasteiger partial charge in [-0.25, -0.2) is 0 Å². The van der Waals surface area contributed by atoms with E-state index in [4.69, 9.17) is 4.74 Å². The van der Waals surface area contributed by atoms with Crippen LogP contribution in [0.1, 0.15) is 18.4 Å². The number of benzene rings is 2. The quantitative estimate of drug-likeness (QED) is 0.788. The van der Waals surface area contributed by atoms with Gasteiger partial charge in [0, 0.05) is 17.1 Å². The molecule has 0 aliphatic carbocycles. The van der Waals surface area contributed by atoms with Crippen LogP contribution in [0, 0.1) is 0 Å². The van der Waals surface area contributed by atoms with Gasteiger partial charge in [0.15, 0.2) is 0 Å². The summed E-state index contributed by atoms with van der Waals surface area (Å²) in [7, 11) is 1.63. The van der Waals surface area contributed by atoms with Crippen molar-refractivity contribution in [1.82, 2.24) is 4.98 Å². The summed E-state index contributed by atoms with van der Waals surface area (Å²) < 4.78 is 5.18. The summed E-state index contributed by atoms with van der Waals surface area (Å²) in [5.74, 6) is -0.612. The van der Waals surface area contributed by atoms with E-state index in [1.54, 1.807) is 20.2 Å². The Morgan fingerprint density at radius 3 is 2.48 bits per heavy atom. The van der Waals surface area contributed by atoms with E-state index in [-0.39, 0.29) is 0 Å². The second-order valence-electron chi connectivity index (χ2n) is 5.39. The molecule has 0 aliphatic rings. The molecule has 0 aliphatic heterocycles. The fraction of sp³-hybridized carbons (Fsp3) is 0.158. The third kappa shape index (κ3) is 2.75. The molecule has 0 saturated carbocycles. The molecule has 2 aromatic carbocycles. The van der Waals surface area contributed by atoms with Crippen molar-refractivity contribution in [2.24, 2.45) is 0 Å². The van der Waals surface area contributed by atoms with Crippen molar-refractivity contribution >= 4 is 16.7 Å². The molecular weight excluding hydrogens is 290 g/mol. The zero-order chi connectivity index (χ0) is 16.4. The van der Waals surface area contributed by atoms with E-state index in [1.807, 2.05) is 48.5 Å². The number of methoxy groups -OCH3 is 1. The van der Waals surface area contributed by atoms with E-state index >= 15 is 0 Å². The highest BCUT2D eigenvalue weighted by molar-refractivity contribution is 5.98. The zero-order valence-corrected chi connectivity index (χ0v) is 13.0. The van der Waals surface area contributed by atoms with E-state index in [1.165, 1.54) is 0 Å². The Hall–Kier alpha value is -2.88. The number of carboxylic acid groups (broad SMARTS) is 1. The molecule has 3 rings (SSSR count). The van der Waals surface area contributed by atoms with Gasteiger partial charge in [-0.3, -0.25) is 9.78 Å². The Labute approximate surface area is 134 Å². The monoisotopic (exact) mass is 307 g/mol. The van der Waals surface area contributed by atoms with Crippen molar-refractivity contribution in [1.29, 1.82) is 0 Å². The normalized spacial score (nSPS) is 12.1. The number of pyridine rings is 1. The Kier molecular flexibility index (Phi) is 3.98. The van der Waals surface area contributed by atoms with Crippen LogP contribution >= 0.6 is 0 Å². The average Bonchev–Trinajstić information content (AvgIpc) is 2.60. The molecule has 0 fully saturated rings. The highest BCUT2D eigenvalue weighted by atomic mass is 16.5. The van der Waals surface area contributed by atoms with Crippen LogP contribution in [0.25, 0.3) is 22.0 Å². The van der Waals surface area contributed by atoms with Gasteiger partial charge < -0.3 is 9.84 Å². The largest absolute Gasteiger partial charge is 0.497 e. The SMILES string of the molecule is COc1ccc(-c2nccc3c(C(C)C(=O)O)cccc23)cc1. The number of ether oxygens (including phenoxy) is 1. The fourth-order valence-corrected chi connectivity index (χ4v) is 2.72. The lowest BCUT2D eigenvalue weighted by Crippen LogP contribution is -2.08. The maximum atomic E-state index is 11.3. The average molecular weight is 307 g/mol. The standard InChI is InChI=1S/C19H17NO3/c1-12(19(21)22)15-4-3-5-17-16(15)10-11-20-18(17)13-6-8-14(23-2)9-7-13/h3-12H,1-2H3,(H,21,22). The van der Waals surface area contributed by atoms with Crippen LogP contribution in [-0.4, -0.2) is 23.2 Å². The van der Waals surface area contributed by atoms with E-state index in [0.29, 0.717) is 0 Å². The third-order valence-electron chi connectivity index (χ3n) is 4.04. The van der Waals surface area contributed by atoms with Crippen molar-refractivity contribution in [2.75, 3.05) is 7.11 Å². The highest BCUT2D eigenvalue weighted by Gasteiger charge is 2.17. The molecule has 3 aromatic rings. The number of hydrogen-bond acceptors (Lipinski definition) is 3. The number of fused-ring (bicyclic) bond motifs is 1. The first-order valence-electron chi connectivity index (χ1n) is 7.36. The van der Waals surface area contributed by atoms with E-state index in [2.05, 4.69) is 4.98 Å². The van der Waals surface area contributed by atoms with Crippen LogP contribution in [0.4, 0.5) is 0 Å². The van der Waals surface area contributed by atoms with Crippen molar-refractivity contribution in [2.45, 2.75) is 12.8 Å². The van der Waals surface area contributed by atoms with Gasteiger partial charge in [0.1, 0.15) is 5.75 Å². The zero-order valence-electron chi connectivity index (χ0n) is 13.0. The molecule has 4 heteroatoms. The lowest BCUT2D eigenvalue weighted by atomic mass is 9.93. The predicted octanol–water partition coefficient (Wildman–Crippen LogP) is 4.10. The molecule has 23 heavy (non-hydrogen) atoms. The molecule has 1 heterocycles. The molecule has 1 N–H and O–H groups in total. The van der Waals surface area contributed by atoms with Crippen molar-refractivity contribution < 1.29 is 14.6 Å². The third-order valence-corrected chi connectivity index (χ3v) is 4.04. The molecule has 0 bridgehead atoms. The van der Waals surface area contributed by atoms with Crippen molar-refractivity contribution in [3.8, 4) is 17.0 Å². The minimum absolute atomic E-state index is 0.565. The van der Waals surface area contributed by atoms with Crippen LogP contribution in [0.5, 0.6) is 5.75 Å². The summed E-state index contributed by atoms with van der Waals surface area (Å²) >= 11 is 0. The Morgan fingerprint density at radius 2 is 1.83 bits per heavy atom. The van der Waals surface area contributed by atoms with Crippen LogP contribution < -0.4 is 4.74 Å². The van der Waals surface area contributed by atoms with Crippen LogP contribution in [0.2, 0.25) is 0 Å². The molecule has 0 spiro atoms. The van der Waals surface area contributed by atoms with Crippen LogP contribution in [-0.2, 0) is 4.79 Å². The predicted molar refractivity (Wildman–Crippen MR) is 89.8 cm³/mol. The number of aliphatic carboxylic acids is 1. The van der Waals surface area contributed by atoms with Gasteiger partial charge in [-0.1, -0.05) is 18.2 Å². The van der Waals surface area contributed by atoms with Crippen molar-refractivity contribution in [3.63, 3.8) is 0 Å². The summed E-state index contributed by atoms with van der Waals surface area (Å²) in [6.45, 7) is 1.70. The number of rotatable bonds is 4. The topological polar surface area (TPSA) is 59.4 Å². The maximum Gasteiger partial charge on any atom is 0.310 e. The molecule has 0 amide bonds. The van der Waals surface area contributed by atoms with Gasteiger partial charge in [-0.15, -0.1) is 0 Å². The summed E-state index contributed by atoms with van der Waals surface area (Å²) in [5, 5.41) is 11.2. The van der Waals surface area contributed by atoms with Gasteiger partial charge in [0.2, 0.25) is 0 Å². The molecule has 1 unspecified atom stereocenters. The number of carboxylic acids is 1. The fourth-order valence-electron chi connectivity index (χ4n) is 2.72. The van der Waals surface area contributed by atoms with Gasteiger partial charge in [-0.2, -0.15) is 0 Å². The number of hydrogen-bond donors (Lipinski definition) is 1. The minimum Gasteiger partial charge on any atom is -0.497 e. The maximum absolute atomic E-state index is 11.3. The lowest BCUT2D eigenvalue weighted by Gasteiger charge is -2.13. The second kappa shape index (κ2) is 6.08. The molecule has 1 atom stereocenters. The summed E-state index contributed by atoms with van der Waals surface area (Å²) in [6, 6.07) is 15.3. The van der Waals surface area contributed by atoms with Crippen LogP contribution in [0.15, 0.2) is 54.7 Å². The summed E-state index contributed by atoms with van der Waals surface area (Å²) in [4.78, 5) is 15.8. The lowest BCUT2D eigenvalue weighted by molar-refractivity contribution is -0.138. The van der Waals surface area contributed by atoms with Crippen LogP contribution in [0.3, 0.4) is 0 Å². The molecule has 0 radical (unpaired) electrons. The highest BCUT2D eigenvalue weighted by Crippen LogP contribution is 2.32. The minimum atomic E-state index is -0.833. The van der Waals surface area contributed by atoms with Gasteiger partial charge >= 0.3 is 5.97 Å². The number of aromatic nitrogens is 1. The van der Waals surface area contributed by atoms with Gasteiger partial charge in [0.25, 0.3) is 0 Å². The first-order valence-corrected chi connectivity index (χ1v) is 7.36. The smallest absolute Gasteiger partial charge is 0.310 e. The van der Waals surface area contributed by atoms with Gasteiger partial charge in [0.05, 0.1) is 18.7 Å². The first kappa shape index (κ1) is 15.0. The molecule has 0 saturated heterocycles. The van der Waals surface area contributed by atoms with E-state index in [9.17, 15) is 9.90 Å². The van der Waals surface area contributed by atoms with E-state index < -0.39 is 11.9 Å². The molecule has 116 valence electrons. The molecule has 4 nitrogen and oxygen atoms in total. The van der Waals surface area contributed by atoms with E-state index in [0.717, 1.165) is 33.3 Å². The van der Waals surface area contributed by atoms with Crippen molar-refractivity contribution in [3.05, 3.63) is 60.3 Å². The van der Waals surface area contributed by atoms with Gasteiger partial charge in [-0.05, 0) is 48.2 Å². The second-order valence-corrected chi connectivity index (χ2v) is 5.39.